The van der Waals surface area contributed by atoms with Crippen molar-refractivity contribution in [1.82, 2.24) is 14.9 Å². The van der Waals surface area contributed by atoms with Crippen LogP contribution in [0.4, 0.5) is 5.82 Å². The molecule has 6 nitrogen and oxygen atoms in total. The molecule has 1 saturated heterocycles. The molecule has 1 aliphatic heterocycles. The number of thiazole rings is 1. The Kier molecular flexibility index (Phi) is 5.19. The van der Waals surface area contributed by atoms with Crippen LogP contribution in [0, 0.1) is 0 Å². The second kappa shape index (κ2) is 7.52. The van der Waals surface area contributed by atoms with E-state index in [9.17, 15) is 4.79 Å². The fraction of sp³-hybridized carbons (Fsp3) is 0.438. The highest BCUT2D eigenvalue weighted by molar-refractivity contribution is 7.09. The molecule has 1 fully saturated rings. The van der Waals surface area contributed by atoms with E-state index >= 15 is 0 Å². The second-order valence-electron chi connectivity index (χ2n) is 5.50. The summed E-state index contributed by atoms with van der Waals surface area (Å²) in [6, 6.07) is 5.91. The van der Waals surface area contributed by atoms with Gasteiger partial charge in [-0.15, -0.1) is 11.3 Å². The number of pyridine rings is 1. The molecule has 1 amide bonds. The van der Waals surface area contributed by atoms with Crippen molar-refractivity contribution in [3.8, 4) is 0 Å². The average molecular weight is 331 g/mol. The second-order valence-corrected chi connectivity index (χ2v) is 6.45. The summed E-state index contributed by atoms with van der Waals surface area (Å²) < 4.78 is 0. The van der Waals surface area contributed by atoms with Crippen LogP contribution in [-0.4, -0.2) is 53.5 Å². The van der Waals surface area contributed by atoms with Crippen molar-refractivity contribution >= 4 is 23.1 Å². The summed E-state index contributed by atoms with van der Waals surface area (Å²) in [7, 11) is 0. The van der Waals surface area contributed by atoms with Gasteiger partial charge in [-0.25, -0.2) is 9.97 Å². The first-order chi connectivity index (χ1) is 11.3. The number of carbonyl (C=O) groups is 1. The number of aromatic nitrogens is 2. The van der Waals surface area contributed by atoms with Crippen LogP contribution in [0.25, 0.3) is 0 Å². The molecule has 0 saturated carbocycles. The van der Waals surface area contributed by atoms with Gasteiger partial charge in [-0.05, 0) is 18.7 Å². The van der Waals surface area contributed by atoms with Gasteiger partial charge < -0.3 is 15.5 Å². The van der Waals surface area contributed by atoms with Crippen LogP contribution in [0.2, 0.25) is 0 Å². The normalized spacial score (nSPS) is 15.0. The molecule has 3 rings (SSSR count). The minimum absolute atomic E-state index is 0.148. The van der Waals surface area contributed by atoms with Crippen molar-refractivity contribution in [3.05, 3.63) is 40.5 Å². The van der Waals surface area contributed by atoms with Crippen LogP contribution in [0.1, 0.15) is 10.7 Å². The van der Waals surface area contributed by atoms with Gasteiger partial charge in [0.05, 0.1) is 17.1 Å². The zero-order valence-corrected chi connectivity index (χ0v) is 13.8. The predicted octanol–water partition coefficient (Wildman–Crippen LogP) is 0.931. The van der Waals surface area contributed by atoms with E-state index in [0.29, 0.717) is 13.0 Å². The van der Waals surface area contributed by atoms with Crippen molar-refractivity contribution in [2.45, 2.75) is 12.8 Å². The SMILES string of the molecule is NCCc1nc(CC(=O)N2CCN(c3ccccn3)CC2)cs1. The van der Waals surface area contributed by atoms with Gasteiger partial charge in [0.15, 0.2) is 0 Å². The lowest BCUT2D eigenvalue weighted by Crippen LogP contribution is -2.49. The molecule has 0 unspecified atom stereocenters. The number of hydrogen-bond donors (Lipinski definition) is 1. The monoisotopic (exact) mass is 331 g/mol. The van der Waals surface area contributed by atoms with Crippen molar-refractivity contribution in [2.75, 3.05) is 37.6 Å². The Labute approximate surface area is 140 Å². The zero-order valence-electron chi connectivity index (χ0n) is 13.0. The molecule has 3 heterocycles. The topological polar surface area (TPSA) is 75.3 Å². The highest BCUT2D eigenvalue weighted by atomic mass is 32.1. The molecule has 2 aromatic rings. The lowest BCUT2D eigenvalue weighted by molar-refractivity contribution is -0.130. The third kappa shape index (κ3) is 4.05. The van der Waals surface area contributed by atoms with Crippen LogP contribution in [0.15, 0.2) is 29.8 Å². The van der Waals surface area contributed by atoms with Gasteiger partial charge in [-0.1, -0.05) is 6.07 Å². The number of rotatable bonds is 5. The molecule has 1 aliphatic rings. The fourth-order valence-corrected chi connectivity index (χ4v) is 3.47. The van der Waals surface area contributed by atoms with Crippen molar-refractivity contribution < 1.29 is 4.79 Å². The smallest absolute Gasteiger partial charge is 0.228 e. The first kappa shape index (κ1) is 15.9. The lowest BCUT2D eigenvalue weighted by atomic mass is 10.2. The van der Waals surface area contributed by atoms with Crippen LogP contribution in [0.5, 0.6) is 0 Å². The van der Waals surface area contributed by atoms with Gasteiger partial charge in [0.1, 0.15) is 5.82 Å². The van der Waals surface area contributed by atoms with E-state index in [-0.39, 0.29) is 5.91 Å². The van der Waals surface area contributed by atoms with E-state index in [1.54, 1.807) is 17.5 Å². The number of anilines is 1. The molecule has 0 bridgehead atoms. The first-order valence-corrected chi connectivity index (χ1v) is 8.71. The molecule has 0 aliphatic carbocycles. The number of hydrogen-bond acceptors (Lipinski definition) is 6. The van der Waals surface area contributed by atoms with Crippen LogP contribution >= 0.6 is 11.3 Å². The molecule has 0 spiro atoms. The van der Waals surface area contributed by atoms with E-state index in [2.05, 4.69) is 14.9 Å². The maximum absolute atomic E-state index is 12.4. The highest BCUT2D eigenvalue weighted by Gasteiger charge is 2.22. The van der Waals surface area contributed by atoms with Crippen LogP contribution in [-0.2, 0) is 17.6 Å². The summed E-state index contributed by atoms with van der Waals surface area (Å²) in [5.74, 6) is 1.13. The Morgan fingerprint density at radius 2 is 2.09 bits per heavy atom. The van der Waals surface area contributed by atoms with E-state index in [0.717, 1.165) is 49.1 Å². The number of nitrogens with two attached hydrogens (primary N) is 1. The third-order valence-electron chi connectivity index (χ3n) is 3.90. The number of nitrogens with zero attached hydrogens (tertiary/aromatic N) is 4. The molecule has 0 radical (unpaired) electrons. The molecule has 2 aromatic heterocycles. The largest absolute Gasteiger partial charge is 0.353 e. The quantitative estimate of drug-likeness (QED) is 0.882. The maximum Gasteiger partial charge on any atom is 0.228 e. The summed E-state index contributed by atoms with van der Waals surface area (Å²) in [6.07, 6.45) is 2.96. The van der Waals surface area contributed by atoms with Crippen molar-refractivity contribution in [1.29, 1.82) is 0 Å². The Hall–Kier alpha value is -1.99. The average Bonchev–Trinajstić information content (AvgIpc) is 3.03. The molecule has 0 atom stereocenters. The maximum atomic E-state index is 12.4. The Bertz CT molecular complexity index is 637. The lowest BCUT2D eigenvalue weighted by Gasteiger charge is -2.35. The van der Waals surface area contributed by atoms with Gasteiger partial charge in [0, 0.05) is 44.2 Å². The van der Waals surface area contributed by atoms with Crippen molar-refractivity contribution in [2.24, 2.45) is 5.73 Å². The van der Waals surface area contributed by atoms with E-state index in [4.69, 9.17) is 5.73 Å². The Morgan fingerprint density at radius 3 is 2.78 bits per heavy atom. The number of carbonyl (C=O) groups excluding carboxylic acids is 1. The minimum atomic E-state index is 0.148. The van der Waals surface area contributed by atoms with Gasteiger partial charge in [0.25, 0.3) is 0 Å². The molecule has 122 valence electrons. The minimum Gasteiger partial charge on any atom is -0.353 e. The van der Waals surface area contributed by atoms with Crippen LogP contribution < -0.4 is 10.6 Å². The highest BCUT2D eigenvalue weighted by Crippen LogP contribution is 2.15. The molecular formula is C16H21N5OS. The summed E-state index contributed by atoms with van der Waals surface area (Å²) in [5.41, 5.74) is 6.39. The molecule has 0 aromatic carbocycles. The van der Waals surface area contributed by atoms with E-state index in [1.165, 1.54) is 0 Å². The molecule has 7 heteroatoms. The van der Waals surface area contributed by atoms with Gasteiger partial charge in [-0.3, -0.25) is 4.79 Å². The summed E-state index contributed by atoms with van der Waals surface area (Å²) in [6.45, 7) is 3.69. The fourth-order valence-electron chi connectivity index (χ4n) is 2.66. The summed E-state index contributed by atoms with van der Waals surface area (Å²) in [5, 5.41) is 2.97. The summed E-state index contributed by atoms with van der Waals surface area (Å²) in [4.78, 5) is 25.4. The Morgan fingerprint density at radius 1 is 1.26 bits per heavy atom. The molecule has 23 heavy (non-hydrogen) atoms. The van der Waals surface area contributed by atoms with Crippen LogP contribution in [0.3, 0.4) is 0 Å². The molecular weight excluding hydrogens is 310 g/mol. The van der Waals surface area contributed by atoms with Gasteiger partial charge >= 0.3 is 0 Å². The number of piperazine rings is 1. The first-order valence-electron chi connectivity index (χ1n) is 7.83. The van der Waals surface area contributed by atoms with Gasteiger partial charge in [-0.2, -0.15) is 0 Å². The van der Waals surface area contributed by atoms with Crippen molar-refractivity contribution in [3.63, 3.8) is 0 Å². The van der Waals surface area contributed by atoms with E-state index in [1.807, 2.05) is 28.5 Å². The molecule has 2 N–H and O–H groups in total. The Balaban J connectivity index is 1.51. The zero-order chi connectivity index (χ0) is 16.1. The number of amides is 1. The predicted molar refractivity (Wildman–Crippen MR) is 91.6 cm³/mol. The van der Waals surface area contributed by atoms with E-state index < -0.39 is 0 Å². The van der Waals surface area contributed by atoms with Gasteiger partial charge in [0.2, 0.25) is 5.91 Å². The standard InChI is InChI=1S/C16H21N5OS/c17-5-4-15-19-13(12-23-15)11-16(22)21-9-7-20(8-10-21)14-3-1-2-6-18-14/h1-3,6,12H,4-5,7-11,17H2. The third-order valence-corrected chi connectivity index (χ3v) is 4.85. The summed E-state index contributed by atoms with van der Waals surface area (Å²) >= 11 is 1.58.